The molecule has 0 aromatic heterocycles. The van der Waals surface area contributed by atoms with Crippen molar-refractivity contribution in [3.05, 3.63) is 58.6 Å². The summed E-state index contributed by atoms with van der Waals surface area (Å²) in [6, 6.07) is 13.0. The number of ether oxygens (including phenoxy) is 2. The first-order valence-electron chi connectivity index (χ1n) is 9.30. The number of carbonyl (C=O) groups is 2. The molecular formula is C22H26ClNO4. The summed E-state index contributed by atoms with van der Waals surface area (Å²) in [5.41, 5.74) is 2.72. The fourth-order valence-electron chi connectivity index (χ4n) is 2.69. The molecule has 2 aromatic rings. The SMILES string of the molecule is Cc1cc(Cl)ccc1OCCCC(=O)OCC(=O)Nc1ccccc1C(C)C. The van der Waals surface area contributed by atoms with Crippen LogP contribution in [0.5, 0.6) is 5.75 Å². The van der Waals surface area contributed by atoms with Crippen LogP contribution in [0.3, 0.4) is 0 Å². The van der Waals surface area contributed by atoms with Gasteiger partial charge in [0.05, 0.1) is 6.61 Å². The van der Waals surface area contributed by atoms with E-state index in [2.05, 4.69) is 19.2 Å². The summed E-state index contributed by atoms with van der Waals surface area (Å²) in [4.78, 5) is 23.9. The number of para-hydroxylation sites is 1. The molecule has 0 spiro atoms. The summed E-state index contributed by atoms with van der Waals surface area (Å²) in [6.07, 6.45) is 0.682. The van der Waals surface area contributed by atoms with E-state index < -0.39 is 5.97 Å². The van der Waals surface area contributed by atoms with Gasteiger partial charge in [-0.1, -0.05) is 43.6 Å². The first-order chi connectivity index (χ1) is 13.4. The molecule has 0 aliphatic rings. The van der Waals surface area contributed by atoms with Gasteiger partial charge >= 0.3 is 5.97 Å². The molecule has 0 aliphatic carbocycles. The fourth-order valence-corrected chi connectivity index (χ4v) is 2.92. The molecule has 1 amide bonds. The third kappa shape index (κ3) is 6.89. The van der Waals surface area contributed by atoms with Gasteiger partial charge < -0.3 is 14.8 Å². The summed E-state index contributed by atoms with van der Waals surface area (Å²) in [5.74, 6) is 0.238. The van der Waals surface area contributed by atoms with Crippen molar-refractivity contribution >= 4 is 29.2 Å². The number of hydrogen-bond acceptors (Lipinski definition) is 4. The average molecular weight is 404 g/mol. The maximum atomic E-state index is 12.0. The smallest absolute Gasteiger partial charge is 0.306 e. The van der Waals surface area contributed by atoms with Crippen LogP contribution in [0.4, 0.5) is 5.69 Å². The fraction of sp³-hybridized carbons (Fsp3) is 0.364. The van der Waals surface area contributed by atoms with Gasteiger partial charge in [0.2, 0.25) is 0 Å². The Balaban J connectivity index is 1.69. The number of rotatable bonds is 9. The Morgan fingerprint density at radius 2 is 1.89 bits per heavy atom. The molecule has 0 fully saturated rings. The summed E-state index contributed by atoms with van der Waals surface area (Å²) in [6.45, 7) is 6.09. The van der Waals surface area contributed by atoms with Gasteiger partial charge in [0, 0.05) is 17.1 Å². The minimum atomic E-state index is -0.427. The van der Waals surface area contributed by atoms with Crippen LogP contribution < -0.4 is 10.1 Å². The number of halogens is 1. The molecular weight excluding hydrogens is 378 g/mol. The summed E-state index contributed by atoms with van der Waals surface area (Å²) >= 11 is 5.91. The van der Waals surface area contributed by atoms with Crippen LogP contribution in [0.1, 0.15) is 43.7 Å². The monoisotopic (exact) mass is 403 g/mol. The Hall–Kier alpha value is -2.53. The van der Waals surface area contributed by atoms with E-state index in [1.807, 2.05) is 37.3 Å². The standard InChI is InChI=1S/C22H26ClNO4/c1-15(2)18-7-4-5-8-19(18)24-21(25)14-28-22(26)9-6-12-27-20-11-10-17(23)13-16(20)3/h4-5,7-8,10-11,13,15H,6,9,12,14H2,1-3H3,(H,24,25). The molecule has 0 saturated carbocycles. The second-order valence-electron chi connectivity index (χ2n) is 6.81. The van der Waals surface area contributed by atoms with E-state index in [1.165, 1.54) is 0 Å². The maximum absolute atomic E-state index is 12.0. The van der Waals surface area contributed by atoms with Gasteiger partial charge in [-0.15, -0.1) is 0 Å². The van der Waals surface area contributed by atoms with Crippen molar-refractivity contribution in [3.63, 3.8) is 0 Å². The number of esters is 1. The van der Waals surface area contributed by atoms with Gasteiger partial charge in [-0.05, 0) is 54.7 Å². The Labute approximate surface area is 171 Å². The zero-order valence-corrected chi connectivity index (χ0v) is 17.2. The summed E-state index contributed by atoms with van der Waals surface area (Å²) in [7, 11) is 0. The minimum absolute atomic E-state index is 0.183. The van der Waals surface area contributed by atoms with Gasteiger partial charge in [0.25, 0.3) is 5.91 Å². The van der Waals surface area contributed by atoms with Crippen LogP contribution in [-0.4, -0.2) is 25.1 Å². The molecule has 0 saturated heterocycles. The predicted octanol–water partition coefficient (Wildman–Crippen LogP) is 5.11. The second-order valence-corrected chi connectivity index (χ2v) is 7.25. The zero-order chi connectivity index (χ0) is 20.5. The number of anilines is 1. The lowest BCUT2D eigenvalue weighted by Gasteiger charge is -2.13. The van der Waals surface area contributed by atoms with Crippen LogP contribution >= 0.6 is 11.6 Å². The lowest BCUT2D eigenvalue weighted by molar-refractivity contribution is -0.147. The highest BCUT2D eigenvalue weighted by molar-refractivity contribution is 6.30. The average Bonchev–Trinajstić information content (AvgIpc) is 2.65. The van der Waals surface area contributed by atoms with Crippen LogP contribution in [0.2, 0.25) is 5.02 Å². The van der Waals surface area contributed by atoms with Crippen LogP contribution in [0.25, 0.3) is 0 Å². The topological polar surface area (TPSA) is 64.6 Å². The van der Waals surface area contributed by atoms with E-state index in [9.17, 15) is 9.59 Å². The molecule has 0 aliphatic heterocycles. The second kappa shape index (κ2) is 10.7. The van der Waals surface area contributed by atoms with Gasteiger partial charge in [-0.2, -0.15) is 0 Å². The highest BCUT2D eigenvalue weighted by Gasteiger charge is 2.11. The largest absolute Gasteiger partial charge is 0.493 e. The quantitative estimate of drug-likeness (QED) is 0.466. The minimum Gasteiger partial charge on any atom is -0.493 e. The lowest BCUT2D eigenvalue weighted by Crippen LogP contribution is -2.21. The Bertz CT molecular complexity index is 820. The number of carbonyl (C=O) groups excluding carboxylic acids is 2. The normalized spacial score (nSPS) is 10.6. The van der Waals surface area contributed by atoms with Gasteiger partial charge in [0.1, 0.15) is 5.75 Å². The summed E-state index contributed by atoms with van der Waals surface area (Å²) in [5, 5.41) is 3.45. The molecule has 150 valence electrons. The molecule has 1 N–H and O–H groups in total. The van der Waals surface area contributed by atoms with Gasteiger partial charge in [-0.25, -0.2) is 0 Å². The number of nitrogens with one attached hydrogen (secondary N) is 1. The zero-order valence-electron chi connectivity index (χ0n) is 16.5. The molecule has 0 atom stereocenters. The number of aryl methyl sites for hydroxylation is 1. The Kier molecular flexibility index (Phi) is 8.33. The van der Waals surface area contributed by atoms with Crippen molar-refractivity contribution in [3.8, 4) is 5.75 Å². The van der Waals surface area contributed by atoms with Crippen molar-refractivity contribution < 1.29 is 19.1 Å². The van der Waals surface area contributed by atoms with E-state index in [0.29, 0.717) is 18.1 Å². The van der Waals surface area contributed by atoms with Crippen LogP contribution in [0.15, 0.2) is 42.5 Å². The Morgan fingerprint density at radius 1 is 1.14 bits per heavy atom. The molecule has 0 bridgehead atoms. The summed E-state index contributed by atoms with van der Waals surface area (Å²) < 4.78 is 10.7. The van der Waals surface area contributed by atoms with E-state index in [4.69, 9.17) is 21.1 Å². The predicted molar refractivity (Wildman–Crippen MR) is 111 cm³/mol. The Morgan fingerprint density at radius 3 is 2.61 bits per heavy atom. The molecule has 0 heterocycles. The van der Waals surface area contributed by atoms with Crippen molar-refractivity contribution in [2.45, 2.75) is 39.5 Å². The first-order valence-corrected chi connectivity index (χ1v) is 9.68. The maximum Gasteiger partial charge on any atom is 0.306 e. The van der Waals surface area contributed by atoms with Crippen molar-refractivity contribution in [1.29, 1.82) is 0 Å². The molecule has 2 aromatic carbocycles. The molecule has 6 heteroatoms. The third-order valence-corrected chi connectivity index (χ3v) is 4.38. The molecule has 2 rings (SSSR count). The van der Waals surface area contributed by atoms with Crippen LogP contribution in [-0.2, 0) is 14.3 Å². The number of amides is 1. The van der Waals surface area contributed by atoms with E-state index in [1.54, 1.807) is 12.1 Å². The lowest BCUT2D eigenvalue weighted by atomic mass is 10.0. The van der Waals surface area contributed by atoms with Crippen LogP contribution in [0, 0.1) is 6.92 Å². The molecule has 28 heavy (non-hydrogen) atoms. The van der Waals surface area contributed by atoms with E-state index in [-0.39, 0.29) is 24.9 Å². The van der Waals surface area contributed by atoms with Gasteiger partial charge in [0.15, 0.2) is 6.61 Å². The van der Waals surface area contributed by atoms with Crippen molar-refractivity contribution in [2.75, 3.05) is 18.5 Å². The van der Waals surface area contributed by atoms with E-state index in [0.717, 1.165) is 22.6 Å². The van der Waals surface area contributed by atoms with Gasteiger partial charge in [-0.3, -0.25) is 9.59 Å². The van der Waals surface area contributed by atoms with Crippen molar-refractivity contribution in [1.82, 2.24) is 0 Å². The van der Waals surface area contributed by atoms with E-state index >= 15 is 0 Å². The number of hydrogen-bond donors (Lipinski definition) is 1. The highest BCUT2D eigenvalue weighted by atomic mass is 35.5. The van der Waals surface area contributed by atoms with Crippen molar-refractivity contribution in [2.24, 2.45) is 0 Å². The molecule has 0 radical (unpaired) electrons. The molecule has 5 nitrogen and oxygen atoms in total. The number of benzene rings is 2. The first kappa shape index (κ1) is 21.8. The third-order valence-electron chi connectivity index (χ3n) is 4.14. The molecule has 0 unspecified atom stereocenters. The highest BCUT2D eigenvalue weighted by Crippen LogP contribution is 2.24.